The molecule has 1 unspecified atom stereocenters. The lowest BCUT2D eigenvalue weighted by molar-refractivity contribution is -0.150. The second kappa shape index (κ2) is 8.14. The number of urea groups is 1. The SMILES string of the molecule is CC(C)(C)OC(=O)N1C(=O)CCC(N2CCN(c3ccc(CBr)cc3)C2=O)C1=O. The van der Waals surface area contributed by atoms with Crippen LogP contribution < -0.4 is 4.90 Å². The third kappa shape index (κ3) is 4.44. The van der Waals surface area contributed by atoms with Crippen molar-refractivity contribution in [1.82, 2.24) is 9.80 Å². The molecule has 0 bridgehead atoms. The molecule has 0 N–H and O–H groups in total. The van der Waals surface area contributed by atoms with E-state index in [1.54, 1.807) is 25.7 Å². The highest BCUT2D eigenvalue weighted by Gasteiger charge is 2.46. The number of ether oxygens (including phenoxy) is 1. The number of rotatable bonds is 3. The third-order valence-corrected chi connectivity index (χ3v) is 5.43. The predicted molar refractivity (Wildman–Crippen MR) is 110 cm³/mol. The Kier molecular flexibility index (Phi) is 5.97. The van der Waals surface area contributed by atoms with Crippen molar-refractivity contribution < 1.29 is 23.9 Å². The lowest BCUT2D eigenvalue weighted by atomic mass is 10.0. The van der Waals surface area contributed by atoms with Crippen LogP contribution >= 0.6 is 15.9 Å². The van der Waals surface area contributed by atoms with E-state index in [9.17, 15) is 19.2 Å². The molecular weight excluding hydrogens is 442 g/mol. The summed E-state index contributed by atoms with van der Waals surface area (Å²) in [5.41, 5.74) is 0.989. The largest absolute Gasteiger partial charge is 0.443 e. The summed E-state index contributed by atoms with van der Waals surface area (Å²) in [4.78, 5) is 54.0. The number of hydrogen-bond acceptors (Lipinski definition) is 5. The van der Waals surface area contributed by atoms with Crippen LogP contribution in [0.4, 0.5) is 15.3 Å². The van der Waals surface area contributed by atoms with Gasteiger partial charge in [-0.2, -0.15) is 4.90 Å². The van der Waals surface area contributed by atoms with Crippen LogP contribution in [0.15, 0.2) is 24.3 Å². The van der Waals surface area contributed by atoms with Crippen molar-refractivity contribution in [3.63, 3.8) is 0 Å². The molecule has 1 atom stereocenters. The number of carbonyl (C=O) groups is 4. The number of anilines is 1. The Morgan fingerprint density at radius 2 is 1.79 bits per heavy atom. The lowest BCUT2D eigenvalue weighted by Crippen LogP contribution is -2.57. The Hall–Kier alpha value is -2.42. The first-order valence-electron chi connectivity index (χ1n) is 9.45. The first kappa shape index (κ1) is 21.3. The van der Waals surface area contributed by atoms with E-state index in [1.807, 2.05) is 24.3 Å². The van der Waals surface area contributed by atoms with Gasteiger partial charge in [0, 0.05) is 30.5 Å². The Bertz CT molecular complexity index is 834. The molecule has 1 aromatic rings. The molecule has 2 aliphatic heterocycles. The number of imide groups is 3. The minimum atomic E-state index is -0.994. The van der Waals surface area contributed by atoms with Crippen molar-refractivity contribution in [3.8, 4) is 0 Å². The normalized spacial score (nSPS) is 20.5. The quantitative estimate of drug-likeness (QED) is 0.504. The van der Waals surface area contributed by atoms with E-state index in [0.29, 0.717) is 18.0 Å². The summed E-state index contributed by atoms with van der Waals surface area (Å²) in [6, 6.07) is 6.39. The number of carbonyl (C=O) groups excluding carboxylic acids is 4. The molecule has 3 rings (SSSR count). The molecule has 2 saturated heterocycles. The number of benzene rings is 1. The molecule has 5 amide bonds. The van der Waals surface area contributed by atoms with Gasteiger partial charge >= 0.3 is 12.1 Å². The van der Waals surface area contributed by atoms with Gasteiger partial charge in [-0.3, -0.25) is 14.5 Å². The summed E-state index contributed by atoms with van der Waals surface area (Å²) in [5.74, 6) is -1.31. The summed E-state index contributed by atoms with van der Waals surface area (Å²) < 4.78 is 5.20. The standard InChI is InChI=1S/C20H24BrN3O5/c1-20(2,3)29-19(28)24-16(25)9-8-15(17(24)26)23-11-10-22(18(23)27)14-6-4-13(12-21)5-7-14/h4-7,15H,8-12H2,1-3H3. The Balaban J connectivity index is 1.76. The molecule has 2 heterocycles. The van der Waals surface area contributed by atoms with Crippen molar-refractivity contribution in [2.24, 2.45) is 0 Å². The highest BCUT2D eigenvalue weighted by atomic mass is 79.9. The van der Waals surface area contributed by atoms with E-state index in [4.69, 9.17) is 4.74 Å². The van der Waals surface area contributed by atoms with Gasteiger partial charge in [0.15, 0.2) is 0 Å². The van der Waals surface area contributed by atoms with Crippen molar-refractivity contribution in [3.05, 3.63) is 29.8 Å². The maximum Gasteiger partial charge on any atom is 0.424 e. The highest BCUT2D eigenvalue weighted by molar-refractivity contribution is 9.08. The molecule has 0 aliphatic carbocycles. The molecule has 0 radical (unpaired) electrons. The minimum Gasteiger partial charge on any atom is -0.443 e. The Morgan fingerprint density at radius 1 is 1.14 bits per heavy atom. The van der Waals surface area contributed by atoms with Crippen molar-refractivity contribution in [2.75, 3.05) is 18.0 Å². The van der Waals surface area contributed by atoms with Crippen molar-refractivity contribution in [2.45, 2.75) is 50.6 Å². The summed E-state index contributed by atoms with van der Waals surface area (Å²) >= 11 is 3.39. The van der Waals surface area contributed by atoms with E-state index in [-0.39, 0.29) is 18.9 Å². The van der Waals surface area contributed by atoms with Crippen molar-refractivity contribution in [1.29, 1.82) is 0 Å². The Morgan fingerprint density at radius 3 is 2.38 bits per heavy atom. The number of alkyl halides is 1. The van der Waals surface area contributed by atoms with Gasteiger partial charge in [0.2, 0.25) is 5.91 Å². The maximum atomic E-state index is 13.0. The van der Waals surface area contributed by atoms with Gasteiger partial charge in [-0.05, 0) is 44.9 Å². The van der Waals surface area contributed by atoms with Gasteiger partial charge < -0.3 is 9.64 Å². The molecule has 9 heteroatoms. The fourth-order valence-corrected chi connectivity index (χ4v) is 3.78. The predicted octanol–water partition coefficient (Wildman–Crippen LogP) is 3.28. The summed E-state index contributed by atoms with van der Waals surface area (Å²) in [5, 5.41) is 0.721. The van der Waals surface area contributed by atoms with Crippen LogP contribution in [0.5, 0.6) is 0 Å². The number of nitrogens with zero attached hydrogens (tertiary/aromatic N) is 3. The van der Waals surface area contributed by atoms with E-state index in [1.165, 1.54) is 4.90 Å². The fourth-order valence-electron chi connectivity index (χ4n) is 3.40. The molecule has 29 heavy (non-hydrogen) atoms. The van der Waals surface area contributed by atoms with E-state index in [2.05, 4.69) is 15.9 Å². The zero-order valence-corrected chi connectivity index (χ0v) is 18.3. The molecule has 8 nitrogen and oxygen atoms in total. The summed E-state index contributed by atoms with van der Waals surface area (Å²) in [7, 11) is 0. The van der Waals surface area contributed by atoms with Crippen LogP contribution in [0.2, 0.25) is 0 Å². The van der Waals surface area contributed by atoms with E-state index < -0.39 is 29.6 Å². The van der Waals surface area contributed by atoms with Crippen LogP contribution in [-0.4, -0.2) is 58.5 Å². The van der Waals surface area contributed by atoms with Gasteiger partial charge in [-0.15, -0.1) is 0 Å². The van der Waals surface area contributed by atoms with E-state index in [0.717, 1.165) is 16.6 Å². The molecule has 2 fully saturated rings. The fraction of sp³-hybridized carbons (Fsp3) is 0.500. The van der Waals surface area contributed by atoms with Gasteiger partial charge in [0.1, 0.15) is 11.6 Å². The molecule has 1 aromatic carbocycles. The smallest absolute Gasteiger partial charge is 0.424 e. The van der Waals surface area contributed by atoms with Gasteiger partial charge in [0.25, 0.3) is 5.91 Å². The van der Waals surface area contributed by atoms with Crippen LogP contribution in [0, 0.1) is 0 Å². The number of halogens is 1. The molecule has 0 aromatic heterocycles. The summed E-state index contributed by atoms with van der Waals surface area (Å²) in [6.45, 7) is 5.74. The van der Waals surface area contributed by atoms with Crippen LogP contribution in [0.1, 0.15) is 39.2 Å². The Labute approximate surface area is 177 Å². The monoisotopic (exact) mass is 465 g/mol. The lowest BCUT2D eigenvalue weighted by Gasteiger charge is -2.34. The minimum absolute atomic E-state index is 0.000619. The number of amides is 5. The first-order chi connectivity index (χ1) is 13.6. The van der Waals surface area contributed by atoms with Gasteiger partial charge in [-0.25, -0.2) is 9.59 Å². The molecule has 0 saturated carbocycles. The van der Waals surface area contributed by atoms with Gasteiger partial charge in [-0.1, -0.05) is 28.1 Å². The second-order valence-electron chi connectivity index (χ2n) is 8.03. The number of likely N-dealkylation sites (tertiary alicyclic amines) is 1. The van der Waals surface area contributed by atoms with Crippen LogP contribution in [-0.2, 0) is 19.7 Å². The zero-order valence-electron chi connectivity index (χ0n) is 16.7. The molecule has 156 valence electrons. The molecule has 2 aliphatic rings. The topological polar surface area (TPSA) is 87.2 Å². The zero-order chi connectivity index (χ0) is 21.3. The average molecular weight is 466 g/mol. The van der Waals surface area contributed by atoms with Crippen LogP contribution in [0.25, 0.3) is 0 Å². The van der Waals surface area contributed by atoms with Crippen molar-refractivity contribution >= 4 is 45.6 Å². The maximum absolute atomic E-state index is 13.0. The van der Waals surface area contributed by atoms with E-state index >= 15 is 0 Å². The highest BCUT2D eigenvalue weighted by Crippen LogP contribution is 2.27. The molecular formula is C20H24BrN3O5. The average Bonchev–Trinajstić information content (AvgIpc) is 3.02. The third-order valence-electron chi connectivity index (χ3n) is 4.78. The van der Waals surface area contributed by atoms with Crippen LogP contribution in [0.3, 0.4) is 0 Å². The summed E-state index contributed by atoms with van der Waals surface area (Å²) in [6.07, 6.45) is -0.801. The second-order valence-corrected chi connectivity index (χ2v) is 8.59. The number of hydrogen-bond donors (Lipinski definition) is 0. The molecule has 0 spiro atoms. The first-order valence-corrected chi connectivity index (χ1v) is 10.6. The number of piperidine rings is 1. The van der Waals surface area contributed by atoms with Gasteiger partial charge in [0.05, 0.1) is 0 Å².